The highest BCUT2D eigenvalue weighted by atomic mass is 16.5. The lowest BCUT2D eigenvalue weighted by Crippen LogP contribution is -2.16. The first kappa shape index (κ1) is 20.0. The Kier molecular flexibility index (Phi) is 4.84. The van der Waals surface area contributed by atoms with Gasteiger partial charge in [-0.1, -0.05) is 53.7 Å². The third-order valence-electron chi connectivity index (χ3n) is 5.47. The Hall–Kier alpha value is -4.90. The number of aromatic amines is 1. The first-order valence-electron chi connectivity index (χ1n) is 10.1. The molecule has 0 atom stereocenters. The van der Waals surface area contributed by atoms with E-state index in [-0.39, 0.29) is 11.7 Å². The maximum Gasteiger partial charge on any atom is 0.439 e. The van der Waals surface area contributed by atoms with Crippen LogP contribution in [-0.2, 0) is 7.05 Å². The predicted molar refractivity (Wildman–Crippen MR) is 124 cm³/mol. The Labute approximate surface area is 187 Å². The van der Waals surface area contributed by atoms with Gasteiger partial charge in [-0.2, -0.15) is 5.26 Å². The van der Waals surface area contributed by atoms with E-state index in [4.69, 9.17) is 0 Å². The summed E-state index contributed by atoms with van der Waals surface area (Å²) in [5, 5.41) is 16.7. The van der Waals surface area contributed by atoms with Crippen LogP contribution in [0, 0.1) is 11.3 Å². The fourth-order valence-electron chi connectivity index (χ4n) is 3.94. The van der Waals surface area contributed by atoms with Gasteiger partial charge in [0.15, 0.2) is 5.82 Å². The van der Waals surface area contributed by atoms with Crippen molar-refractivity contribution in [2.24, 2.45) is 7.05 Å². The summed E-state index contributed by atoms with van der Waals surface area (Å²) in [5.74, 6) is -0.952. The quantitative estimate of drug-likeness (QED) is 0.436. The van der Waals surface area contributed by atoms with Crippen LogP contribution in [0.15, 0.2) is 82.1 Å². The van der Waals surface area contributed by atoms with Gasteiger partial charge in [-0.25, -0.2) is 4.79 Å². The smallest absolute Gasteiger partial charge is 0.339 e. The topological polar surface area (TPSA) is 117 Å². The number of carbonyl (C=O) groups excluding carboxylic acids is 1. The standard InChI is InChI=1S/C25H17N5O3/c1-30-21(13-17-8-5-9-18(22(17)30)16-6-3-2-4-7-16)24(31)27-20-11-10-15(14-26)12-19(20)23-28-25(32)33-29-23/h2-13H,1H3,(H,27,31)(H,28,29,32). The zero-order valence-electron chi connectivity index (χ0n) is 17.5. The van der Waals surface area contributed by atoms with Crippen molar-refractivity contribution >= 4 is 22.5 Å². The maximum atomic E-state index is 13.3. The Bertz CT molecular complexity index is 1600. The van der Waals surface area contributed by atoms with E-state index in [0.717, 1.165) is 22.0 Å². The van der Waals surface area contributed by atoms with Gasteiger partial charge in [0.05, 0.1) is 22.8 Å². The molecule has 5 aromatic rings. The fraction of sp³-hybridized carbons (Fsp3) is 0.0400. The number of carbonyl (C=O) groups is 1. The minimum atomic E-state index is -0.730. The lowest BCUT2D eigenvalue weighted by Gasteiger charge is -2.11. The highest BCUT2D eigenvalue weighted by molar-refractivity contribution is 6.09. The second-order valence-corrected chi connectivity index (χ2v) is 7.47. The van der Waals surface area contributed by atoms with Crippen LogP contribution in [0.3, 0.4) is 0 Å². The first-order valence-corrected chi connectivity index (χ1v) is 10.1. The Morgan fingerprint density at radius 3 is 2.61 bits per heavy atom. The normalized spacial score (nSPS) is 10.8. The first-order chi connectivity index (χ1) is 16.0. The van der Waals surface area contributed by atoms with Gasteiger partial charge in [0, 0.05) is 23.6 Å². The molecule has 0 spiro atoms. The number of anilines is 1. The van der Waals surface area contributed by atoms with Crippen LogP contribution in [-0.4, -0.2) is 20.6 Å². The summed E-state index contributed by atoms with van der Waals surface area (Å²) in [5.41, 5.74) is 4.58. The third kappa shape index (κ3) is 3.58. The van der Waals surface area contributed by atoms with E-state index in [1.54, 1.807) is 12.1 Å². The molecule has 160 valence electrons. The molecular weight excluding hydrogens is 418 g/mol. The van der Waals surface area contributed by atoms with Crippen molar-refractivity contribution in [1.82, 2.24) is 14.7 Å². The Morgan fingerprint density at radius 1 is 1.06 bits per heavy atom. The van der Waals surface area contributed by atoms with Crippen LogP contribution < -0.4 is 11.1 Å². The minimum absolute atomic E-state index is 0.121. The molecule has 8 nitrogen and oxygen atoms in total. The van der Waals surface area contributed by atoms with Crippen LogP contribution in [0.25, 0.3) is 33.4 Å². The molecular formula is C25H17N5O3. The largest absolute Gasteiger partial charge is 0.439 e. The highest BCUT2D eigenvalue weighted by Crippen LogP contribution is 2.31. The zero-order valence-corrected chi connectivity index (χ0v) is 17.5. The van der Waals surface area contributed by atoms with Crippen molar-refractivity contribution < 1.29 is 9.32 Å². The number of benzene rings is 3. The lowest BCUT2D eigenvalue weighted by atomic mass is 10.0. The summed E-state index contributed by atoms with van der Waals surface area (Å²) in [4.78, 5) is 27.2. The number of H-pyrrole nitrogens is 1. The SMILES string of the molecule is Cn1c(C(=O)Nc2ccc(C#N)cc2-c2noc(=O)[nH]2)cc2cccc(-c3ccccc3)c21. The van der Waals surface area contributed by atoms with Crippen molar-refractivity contribution in [2.45, 2.75) is 0 Å². The highest BCUT2D eigenvalue weighted by Gasteiger charge is 2.19. The molecule has 0 saturated carbocycles. The monoisotopic (exact) mass is 435 g/mol. The molecule has 0 unspecified atom stereocenters. The van der Waals surface area contributed by atoms with E-state index in [9.17, 15) is 14.9 Å². The van der Waals surface area contributed by atoms with Crippen molar-refractivity contribution in [1.29, 1.82) is 5.26 Å². The van der Waals surface area contributed by atoms with E-state index in [2.05, 4.69) is 20.0 Å². The van der Waals surface area contributed by atoms with Gasteiger partial charge >= 0.3 is 5.76 Å². The summed E-state index contributed by atoms with van der Waals surface area (Å²) in [7, 11) is 1.85. The number of amides is 1. The Morgan fingerprint density at radius 2 is 1.88 bits per heavy atom. The number of hydrogen-bond donors (Lipinski definition) is 2. The van der Waals surface area contributed by atoms with Gasteiger partial charge in [0.2, 0.25) is 0 Å². The van der Waals surface area contributed by atoms with Crippen LogP contribution in [0.1, 0.15) is 16.1 Å². The van der Waals surface area contributed by atoms with E-state index in [0.29, 0.717) is 22.5 Å². The molecule has 2 aromatic heterocycles. The molecule has 0 bridgehead atoms. The average Bonchev–Trinajstić information content (AvgIpc) is 3.43. The molecule has 33 heavy (non-hydrogen) atoms. The molecule has 0 aliphatic rings. The molecule has 3 aromatic carbocycles. The lowest BCUT2D eigenvalue weighted by molar-refractivity contribution is 0.102. The summed E-state index contributed by atoms with van der Waals surface area (Å²) in [6.45, 7) is 0. The third-order valence-corrected chi connectivity index (χ3v) is 5.47. The van der Waals surface area contributed by atoms with Gasteiger partial charge in [0.25, 0.3) is 5.91 Å². The summed E-state index contributed by atoms with van der Waals surface area (Å²) < 4.78 is 6.45. The average molecular weight is 435 g/mol. The Balaban J connectivity index is 1.57. The van der Waals surface area contributed by atoms with Gasteiger partial charge in [-0.05, 0) is 29.8 Å². The molecule has 0 aliphatic heterocycles. The van der Waals surface area contributed by atoms with Crippen LogP contribution in [0.5, 0.6) is 0 Å². The number of hydrogen-bond acceptors (Lipinski definition) is 5. The molecule has 2 N–H and O–H groups in total. The molecule has 1 amide bonds. The minimum Gasteiger partial charge on any atom is -0.339 e. The number of aryl methyl sites for hydroxylation is 1. The van der Waals surface area contributed by atoms with Gasteiger partial charge in [-0.15, -0.1) is 0 Å². The maximum absolute atomic E-state index is 13.3. The van der Waals surface area contributed by atoms with Gasteiger partial charge in [-0.3, -0.25) is 14.3 Å². The molecule has 0 fully saturated rings. The van der Waals surface area contributed by atoms with Gasteiger partial charge < -0.3 is 9.88 Å². The molecule has 0 radical (unpaired) electrons. The van der Waals surface area contributed by atoms with Crippen LogP contribution in [0.4, 0.5) is 5.69 Å². The number of fused-ring (bicyclic) bond motifs is 1. The van der Waals surface area contributed by atoms with Crippen molar-refractivity contribution in [2.75, 3.05) is 5.32 Å². The van der Waals surface area contributed by atoms with E-state index in [1.165, 1.54) is 6.07 Å². The van der Waals surface area contributed by atoms with Crippen LogP contribution >= 0.6 is 0 Å². The second-order valence-electron chi connectivity index (χ2n) is 7.47. The van der Waals surface area contributed by atoms with Gasteiger partial charge in [0.1, 0.15) is 5.69 Å². The number of para-hydroxylation sites is 1. The second kappa shape index (κ2) is 7.98. The molecule has 0 aliphatic carbocycles. The number of nitrogens with zero attached hydrogens (tertiary/aromatic N) is 3. The van der Waals surface area contributed by atoms with E-state index >= 15 is 0 Å². The molecule has 5 rings (SSSR count). The predicted octanol–water partition coefficient (Wildman–Crippen LogP) is 4.31. The van der Waals surface area contributed by atoms with E-state index in [1.807, 2.05) is 72.3 Å². The number of nitriles is 1. The van der Waals surface area contributed by atoms with Crippen molar-refractivity contribution in [3.05, 3.63) is 94.6 Å². The number of nitrogens with one attached hydrogen (secondary N) is 2. The fourth-order valence-corrected chi connectivity index (χ4v) is 3.94. The summed E-state index contributed by atoms with van der Waals surface area (Å²) in [6, 6.07) is 24.5. The summed E-state index contributed by atoms with van der Waals surface area (Å²) in [6.07, 6.45) is 0. The van der Waals surface area contributed by atoms with Crippen molar-refractivity contribution in [3.8, 4) is 28.6 Å². The molecule has 8 heteroatoms. The molecule has 0 saturated heterocycles. The zero-order chi connectivity index (χ0) is 22.9. The summed E-state index contributed by atoms with van der Waals surface area (Å²) >= 11 is 0. The number of rotatable bonds is 4. The number of aromatic nitrogens is 3. The van der Waals surface area contributed by atoms with Crippen molar-refractivity contribution in [3.63, 3.8) is 0 Å². The van der Waals surface area contributed by atoms with E-state index < -0.39 is 5.76 Å². The van der Waals surface area contributed by atoms with Crippen LogP contribution in [0.2, 0.25) is 0 Å². The molecule has 2 heterocycles.